The minimum atomic E-state index is -2.63. The Balaban J connectivity index is 1.59. The fourth-order valence-electron chi connectivity index (χ4n) is 9.02. The van der Waals surface area contributed by atoms with Gasteiger partial charge in [-0.2, -0.15) is 0 Å². The van der Waals surface area contributed by atoms with E-state index in [9.17, 15) is 69.3 Å². The highest BCUT2D eigenvalue weighted by molar-refractivity contribution is 5.95. The monoisotopic (exact) mass is 846 g/mol. The Bertz CT molecular complexity index is 1810. The Morgan fingerprint density at radius 2 is 1.64 bits per heavy atom. The first-order valence-electron chi connectivity index (χ1n) is 18.2. The molecule has 3 N–H and O–H groups in total. The van der Waals surface area contributed by atoms with Crippen LogP contribution in [0.15, 0.2) is 23.8 Å². The van der Waals surface area contributed by atoms with Gasteiger partial charge in [0.05, 0.1) is 19.1 Å². The van der Waals surface area contributed by atoms with Gasteiger partial charge in [0, 0.05) is 36.5 Å². The smallest absolute Gasteiger partial charge is 0.329 e. The van der Waals surface area contributed by atoms with Gasteiger partial charge in [0.25, 0.3) is 15.3 Å². The van der Waals surface area contributed by atoms with Crippen LogP contribution in [0.1, 0.15) is 65.7 Å². The molecule has 1 amide bonds. The summed E-state index contributed by atoms with van der Waals surface area (Å²) in [4.78, 5) is 122. The Hall–Kier alpha value is -5.85. The number of aliphatic hydroxyl groups excluding tert-OH is 2. The number of carbonyl (C=O) groups excluding carboxylic acids is 6. The molecule has 59 heavy (non-hydrogen) atoms. The summed E-state index contributed by atoms with van der Waals surface area (Å²) in [5, 5.41) is 53.7. The number of halogens is 1. The van der Waals surface area contributed by atoms with Gasteiger partial charge in [0.15, 0.2) is 24.2 Å². The van der Waals surface area contributed by atoms with Gasteiger partial charge in [-0.1, -0.05) is 24.6 Å². The van der Waals surface area contributed by atoms with E-state index in [2.05, 4.69) is 19.8 Å². The first-order chi connectivity index (χ1) is 27.5. The van der Waals surface area contributed by atoms with Crippen LogP contribution in [0, 0.1) is 53.0 Å². The predicted octanol–water partition coefficient (Wildman–Crippen LogP) is -0.0660. The van der Waals surface area contributed by atoms with Crippen molar-refractivity contribution in [3.63, 3.8) is 0 Å². The van der Waals surface area contributed by atoms with E-state index >= 15 is 4.39 Å². The van der Waals surface area contributed by atoms with Crippen LogP contribution in [0.5, 0.6) is 0 Å². The molecule has 0 heterocycles. The average molecular weight is 847 g/mol. The molecule has 0 aliphatic heterocycles. The number of ketones is 2. The molecule has 0 aromatic rings. The Labute approximate surface area is 332 Å². The van der Waals surface area contributed by atoms with Crippen LogP contribution in [0.3, 0.4) is 0 Å². The van der Waals surface area contributed by atoms with Crippen molar-refractivity contribution in [3.8, 4) is 0 Å². The standard InChI is InChI=1S/C34H43FN4O20/c1-18(40)36-24(30(47)55-15-21(59-39(52)53)16-57-38(50)51)13-29(46)54-17-27(44)34(58-28(45)5-4-10-56-37(48)49)25(42)12-23-22-7-6-19-11-20(41)8-9-31(19,2)33(22,35)26(43)14-32(23,34)3/h6,8-9,21-26,42-43H,4-5,7,10-17H2,1-3H3,(H,36,40)/t21?,22?,23?,24?,25-,26+,31+,32+,33+,34+/m1/s1. The fourth-order valence-corrected chi connectivity index (χ4v) is 9.02. The molecular weight excluding hydrogens is 803 g/mol. The van der Waals surface area contributed by atoms with Crippen molar-refractivity contribution >= 4 is 35.4 Å². The number of allylic oxidation sites excluding steroid dienone is 4. The summed E-state index contributed by atoms with van der Waals surface area (Å²) in [5.74, 6) is -8.43. The van der Waals surface area contributed by atoms with Crippen LogP contribution < -0.4 is 5.32 Å². The first kappa shape index (κ1) is 45.8. The topological polar surface area (TPSA) is 340 Å². The zero-order chi connectivity index (χ0) is 44.1. The van der Waals surface area contributed by atoms with Gasteiger partial charge in [0.2, 0.25) is 17.3 Å². The predicted molar refractivity (Wildman–Crippen MR) is 185 cm³/mol. The average Bonchev–Trinajstić information content (AvgIpc) is 3.35. The van der Waals surface area contributed by atoms with Crippen molar-refractivity contribution in [1.29, 1.82) is 0 Å². The fraction of sp³-hybridized carbons (Fsp3) is 0.706. The summed E-state index contributed by atoms with van der Waals surface area (Å²) in [6, 6.07) is -1.86. The zero-order valence-electron chi connectivity index (χ0n) is 31.9. The lowest BCUT2D eigenvalue weighted by Gasteiger charge is -2.62. The summed E-state index contributed by atoms with van der Waals surface area (Å²) in [5.41, 5.74) is -7.85. The molecule has 0 saturated heterocycles. The van der Waals surface area contributed by atoms with Crippen LogP contribution in [0.25, 0.3) is 0 Å². The number of rotatable bonds is 20. The van der Waals surface area contributed by atoms with Crippen molar-refractivity contribution in [2.24, 2.45) is 22.7 Å². The van der Waals surface area contributed by atoms with Crippen molar-refractivity contribution in [3.05, 3.63) is 54.1 Å². The number of esters is 3. The van der Waals surface area contributed by atoms with E-state index in [0.717, 1.165) is 6.92 Å². The van der Waals surface area contributed by atoms with Crippen LogP contribution in [0.4, 0.5) is 4.39 Å². The van der Waals surface area contributed by atoms with Gasteiger partial charge in [-0.15, -0.1) is 30.3 Å². The van der Waals surface area contributed by atoms with Gasteiger partial charge in [-0.25, -0.2) is 9.18 Å². The van der Waals surface area contributed by atoms with Gasteiger partial charge in [-0.3, -0.25) is 24.0 Å². The Morgan fingerprint density at radius 3 is 2.27 bits per heavy atom. The lowest BCUT2D eigenvalue weighted by Crippen LogP contribution is -2.70. The highest BCUT2D eigenvalue weighted by Crippen LogP contribution is 2.70. The van der Waals surface area contributed by atoms with E-state index in [1.54, 1.807) is 6.08 Å². The number of fused-ring (bicyclic) bond motifs is 5. The van der Waals surface area contributed by atoms with Crippen LogP contribution in [-0.4, -0.2) is 123 Å². The number of ether oxygens (including phenoxy) is 3. The number of carbonyl (C=O) groups is 6. The maximum absolute atomic E-state index is 17.7. The number of alkyl halides is 1. The second-order valence-electron chi connectivity index (χ2n) is 15.0. The molecule has 0 spiro atoms. The van der Waals surface area contributed by atoms with E-state index in [0.29, 0.717) is 5.57 Å². The molecule has 4 unspecified atom stereocenters. The molecule has 0 radical (unpaired) electrons. The summed E-state index contributed by atoms with van der Waals surface area (Å²) in [7, 11) is 0. The quantitative estimate of drug-likeness (QED) is 0.0360. The molecule has 326 valence electrons. The molecule has 24 nitrogen and oxygen atoms in total. The van der Waals surface area contributed by atoms with Crippen molar-refractivity contribution < 1.29 is 87.4 Å². The van der Waals surface area contributed by atoms with E-state index in [4.69, 9.17) is 14.2 Å². The summed E-state index contributed by atoms with van der Waals surface area (Å²) >= 11 is 0. The highest BCUT2D eigenvalue weighted by Gasteiger charge is 2.78. The number of Topliss-reactive ketones (excluding diaryl/α,β-unsaturated/α-hetero) is 1. The summed E-state index contributed by atoms with van der Waals surface area (Å²) in [6.45, 7) is -0.0234. The highest BCUT2D eigenvalue weighted by atomic mass is 19.1. The third-order valence-electron chi connectivity index (χ3n) is 11.6. The van der Waals surface area contributed by atoms with Crippen molar-refractivity contribution in [1.82, 2.24) is 5.32 Å². The van der Waals surface area contributed by atoms with E-state index < -0.39 is 149 Å². The van der Waals surface area contributed by atoms with E-state index in [1.165, 1.54) is 26.0 Å². The Morgan fingerprint density at radius 1 is 0.966 bits per heavy atom. The van der Waals surface area contributed by atoms with Gasteiger partial charge in [0.1, 0.15) is 25.4 Å². The number of hydrogen-bond donors (Lipinski definition) is 3. The maximum Gasteiger partial charge on any atom is 0.329 e. The van der Waals surface area contributed by atoms with Crippen LogP contribution in [-0.2, 0) is 57.5 Å². The van der Waals surface area contributed by atoms with E-state index in [-0.39, 0.29) is 31.5 Å². The number of amides is 1. The minimum absolute atomic E-state index is 0.0414. The third kappa shape index (κ3) is 9.24. The SMILES string of the molecule is CC(=O)NC(CC(=O)OCC(=O)[C@@]1(OC(=O)CCCO[N+](=O)[O-])[C@H](O)CC2C3CC=C4CC(=O)C=C[C@]4(C)[C@@]3(F)[C@@H](O)C[C@@]21C)C(=O)OCC(CO[N+](=O)[O-])O[N+](=O)[O-]. The third-order valence-corrected chi connectivity index (χ3v) is 11.6. The molecule has 4 aliphatic carbocycles. The molecule has 0 bridgehead atoms. The molecule has 2 fully saturated rings. The normalized spacial score (nSPS) is 31.4. The van der Waals surface area contributed by atoms with Gasteiger partial charge in [-0.05, 0) is 44.6 Å². The van der Waals surface area contributed by atoms with Gasteiger partial charge >= 0.3 is 17.9 Å². The van der Waals surface area contributed by atoms with Crippen molar-refractivity contribution in [2.45, 2.75) is 101 Å². The second-order valence-corrected chi connectivity index (χ2v) is 15.0. The van der Waals surface area contributed by atoms with Crippen LogP contribution >= 0.6 is 0 Å². The lowest BCUT2D eigenvalue weighted by atomic mass is 9.45. The lowest BCUT2D eigenvalue weighted by molar-refractivity contribution is -0.790. The number of aliphatic hydroxyl groups is 2. The van der Waals surface area contributed by atoms with Crippen LogP contribution in [0.2, 0.25) is 0 Å². The molecule has 25 heteroatoms. The molecule has 4 rings (SSSR count). The molecule has 0 aromatic heterocycles. The first-order valence-corrected chi connectivity index (χ1v) is 18.2. The van der Waals surface area contributed by atoms with E-state index in [1.807, 2.05) is 0 Å². The minimum Gasteiger partial charge on any atom is -0.462 e. The molecule has 4 aliphatic rings. The number of nitrogens with zero attached hydrogens (tertiary/aromatic N) is 3. The zero-order valence-corrected chi connectivity index (χ0v) is 31.9. The molecular formula is C34H43FN4O20. The van der Waals surface area contributed by atoms with Gasteiger partial charge < -0.3 is 44.3 Å². The number of hydrogen-bond acceptors (Lipinski definition) is 20. The summed E-state index contributed by atoms with van der Waals surface area (Å²) in [6.07, 6.45) is -4.30. The summed E-state index contributed by atoms with van der Waals surface area (Å²) < 4.78 is 33.5. The maximum atomic E-state index is 17.7. The Kier molecular flexibility index (Phi) is 14.0. The molecule has 10 atom stereocenters. The number of nitrogens with one attached hydrogen (secondary N) is 1. The second kappa shape index (κ2) is 18.0. The molecule has 2 saturated carbocycles. The largest absolute Gasteiger partial charge is 0.462 e. The van der Waals surface area contributed by atoms with Crippen molar-refractivity contribution in [2.75, 3.05) is 26.4 Å². The molecule has 0 aromatic carbocycles.